The van der Waals surface area contributed by atoms with Gasteiger partial charge in [-0.3, -0.25) is 14.5 Å². The van der Waals surface area contributed by atoms with Crippen molar-refractivity contribution >= 4 is 17.3 Å². The van der Waals surface area contributed by atoms with Gasteiger partial charge >= 0.3 is 0 Å². The molecule has 11 nitrogen and oxygen atoms in total. The Morgan fingerprint density at radius 3 is 2.62 bits per heavy atom. The zero-order valence-corrected chi connectivity index (χ0v) is 18.2. The van der Waals surface area contributed by atoms with E-state index in [-0.39, 0.29) is 34.9 Å². The topological polar surface area (TPSA) is 120 Å². The highest BCUT2D eigenvalue weighted by Crippen LogP contribution is 2.28. The molecular weight excluding hydrogens is 438 g/mol. The highest BCUT2D eigenvalue weighted by molar-refractivity contribution is 6.25. The number of carbonyl (C=O) groups is 2. The van der Waals surface area contributed by atoms with Gasteiger partial charge in [0.1, 0.15) is 24.3 Å². The molecule has 0 atom stereocenters. The van der Waals surface area contributed by atoms with Crippen LogP contribution in [0.3, 0.4) is 0 Å². The van der Waals surface area contributed by atoms with Gasteiger partial charge in [0.25, 0.3) is 17.2 Å². The first kappa shape index (κ1) is 23.3. The van der Waals surface area contributed by atoms with Gasteiger partial charge in [0.05, 0.1) is 23.6 Å². The quantitative estimate of drug-likeness (QED) is 0.302. The van der Waals surface area contributed by atoms with Crippen LogP contribution in [0.2, 0.25) is 0 Å². The monoisotopic (exact) mass is 465 g/mol. The lowest BCUT2D eigenvalue weighted by Crippen LogP contribution is -2.46. The van der Waals surface area contributed by atoms with Gasteiger partial charge in [-0.2, -0.15) is 0 Å². The largest absolute Gasteiger partial charge is 0.691 e. The van der Waals surface area contributed by atoms with Crippen LogP contribution in [-0.2, 0) is 6.54 Å². The lowest BCUT2D eigenvalue weighted by molar-refractivity contribution is -0.672. The fourth-order valence-corrected chi connectivity index (χ4v) is 4.44. The Kier molecular flexibility index (Phi) is 6.55. The number of methoxy groups -OCH3 is 1. The summed E-state index contributed by atoms with van der Waals surface area (Å²) in [4.78, 5) is 38.2. The van der Waals surface area contributed by atoms with Gasteiger partial charge in [-0.15, -0.1) is 9.53 Å². The summed E-state index contributed by atoms with van der Waals surface area (Å²) < 4.78 is 6.81. The van der Waals surface area contributed by atoms with Crippen molar-refractivity contribution in [2.24, 2.45) is 0 Å². The Hall–Kier alpha value is -3.86. The highest BCUT2D eigenvalue weighted by atomic mass is 16.5. The first-order valence-electron chi connectivity index (χ1n) is 10.8. The third-order valence-corrected chi connectivity index (χ3v) is 6.11. The van der Waals surface area contributed by atoms with Crippen molar-refractivity contribution in [2.45, 2.75) is 20.4 Å². The van der Waals surface area contributed by atoms with E-state index in [1.807, 2.05) is 18.2 Å². The van der Waals surface area contributed by atoms with Crippen molar-refractivity contribution in [3.63, 3.8) is 0 Å². The van der Waals surface area contributed by atoms with Crippen LogP contribution >= 0.6 is 0 Å². The number of rotatable bonds is 6. The second-order valence-corrected chi connectivity index (χ2v) is 7.98. The number of ether oxygens (including phenoxy) is 1. The van der Waals surface area contributed by atoms with E-state index in [0.29, 0.717) is 13.0 Å². The molecule has 34 heavy (non-hydrogen) atoms. The summed E-state index contributed by atoms with van der Waals surface area (Å²) in [5.74, 6) is -0.185. The molecule has 11 heteroatoms. The third-order valence-electron chi connectivity index (χ3n) is 6.11. The number of hydrogen-bond donors (Lipinski definition) is 0. The van der Waals surface area contributed by atoms with Crippen molar-refractivity contribution in [3.8, 4) is 5.75 Å². The highest BCUT2D eigenvalue weighted by Gasteiger charge is 2.42. The molecule has 1 aromatic carbocycles. The summed E-state index contributed by atoms with van der Waals surface area (Å²) in [5.41, 5.74) is 0.883. The Balaban J connectivity index is 0.00000274. The van der Waals surface area contributed by atoms with Crippen molar-refractivity contribution in [1.82, 2.24) is 24.8 Å². The summed E-state index contributed by atoms with van der Waals surface area (Å²) in [6, 6.07) is 8.00. The number of aryl methyl sites for hydroxylation is 1. The summed E-state index contributed by atoms with van der Waals surface area (Å²) in [7, 11) is 1.68. The standard InChI is InChI=1S/C22H23N7O4.CH4/c1-33-17-6-3-2-5-16(17)27-11-9-26(10-12-27)7-4-8-28-19-20(29(32)25-28)22(31)18-15(21(19)30)13-23-14-24-18;/h2-3,5-6,13-14H,4,7-12H2,1H3;1H4. The first-order chi connectivity index (χ1) is 16.1. The van der Waals surface area contributed by atoms with Crippen LogP contribution in [0.4, 0.5) is 5.69 Å². The smallest absolute Gasteiger partial charge is 0.258 e. The van der Waals surface area contributed by atoms with E-state index < -0.39 is 11.6 Å². The van der Waals surface area contributed by atoms with E-state index in [0.717, 1.165) is 44.2 Å². The minimum Gasteiger partial charge on any atom is -0.691 e. The Bertz CT molecular complexity index is 1220. The van der Waals surface area contributed by atoms with E-state index in [4.69, 9.17) is 4.74 Å². The van der Waals surface area contributed by atoms with Crippen LogP contribution in [0.1, 0.15) is 46.1 Å². The van der Waals surface area contributed by atoms with Gasteiger partial charge < -0.3 is 14.8 Å². The number of aromatic nitrogens is 5. The molecule has 1 fully saturated rings. The number of hydrogen-bond acceptors (Lipinski definition) is 9. The maximum atomic E-state index is 12.9. The van der Waals surface area contributed by atoms with E-state index in [1.54, 1.807) is 7.11 Å². The van der Waals surface area contributed by atoms with Gasteiger partial charge in [0, 0.05) is 45.3 Å². The molecule has 0 radical (unpaired) electrons. The number of carbonyl (C=O) groups excluding carboxylic acids is 2. The molecule has 0 saturated carbocycles. The zero-order valence-electron chi connectivity index (χ0n) is 18.2. The van der Waals surface area contributed by atoms with Crippen molar-refractivity contribution < 1.29 is 19.2 Å². The zero-order chi connectivity index (χ0) is 22.9. The number of para-hydroxylation sites is 2. The van der Waals surface area contributed by atoms with Gasteiger partial charge in [-0.05, 0) is 12.1 Å². The van der Waals surface area contributed by atoms with Crippen LogP contribution in [-0.4, -0.2) is 76.2 Å². The molecule has 1 saturated heterocycles. The molecule has 0 spiro atoms. The Morgan fingerprint density at radius 1 is 1.09 bits per heavy atom. The molecule has 5 rings (SSSR count). The van der Waals surface area contributed by atoms with Gasteiger partial charge in [0.15, 0.2) is 0 Å². The van der Waals surface area contributed by atoms with Gasteiger partial charge in [0.2, 0.25) is 5.78 Å². The van der Waals surface area contributed by atoms with Crippen LogP contribution in [0.5, 0.6) is 5.75 Å². The summed E-state index contributed by atoms with van der Waals surface area (Å²) in [5, 5.41) is 16.2. The average Bonchev–Trinajstić information content (AvgIpc) is 3.19. The lowest BCUT2D eigenvalue weighted by Gasteiger charge is -2.36. The minimum absolute atomic E-state index is 0. The van der Waals surface area contributed by atoms with Gasteiger partial charge in [-0.25, -0.2) is 9.97 Å². The molecule has 2 aromatic heterocycles. The number of piperazine rings is 1. The normalized spacial score (nSPS) is 15.5. The van der Waals surface area contributed by atoms with E-state index in [1.165, 1.54) is 17.2 Å². The van der Waals surface area contributed by atoms with Crippen molar-refractivity contribution in [3.05, 3.63) is 64.6 Å². The fraction of sp³-hybridized carbons (Fsp3) is 0.391. The minimum atomic E-state index is -0.601. The summed E-state index contributed by atoms with van der Waals surface area (Å²) in [6.45, 7) is 4.67. The van der Waals surface area contributed by atoms with Gasteiger partial charge in [-0.1, -0.05) is 19.6 Å². The molecule has 0 N–H and O–H groups in total. The second kappa shape index (κ2) is 9.56. The Labute approximate surface area is 197 Å². The number of anilines is 1. The van der Waals surface area contributed by atoms with E-state index in [9.17, 15) is 14.8 Å². The van der Waals surface area contributed by atoms with Crippen LogP contribution in [0, 0.1) is 5.21 Å². The molecule has 0 amide bonds. The van der Waals surface area contributed by atoms with Crippen LogP contribution in [0.15, 0.2) is 36.8 Å². The molecule has 3 heterocycles. The third kappa shape index (κ3) is 3.98. The van der Waals surface area contributed by atoms with Crippen LogP contribution in [0.25, 0.3) is 0 Å². The molecule has 0 bridgehead atoms. The number of fused-ring (bicyclic) bond motifs is 2. The van der Waals surface area contributed by atoms with Crippen molar-refractivity contribution in [2.75, 3.05) is 44.7 Å². The number of benzene rings is 1. The SMILES string of the molecule is C.COc1ccccc1N1CCN(CCCn2n[n+]([O-])c3c2C(=O)c2cncnc2C3=O)CC1. The maximum Gasteiger partial charge on any atom is 0.258 e. The predicted octanol–water partition coefficient (Wildman–Crippen LogP) is 0.939. The number of ketones is 2. The molecular formula is C23H27N7O4. The molecule has 1 aliphatic heterocycles. The lowest BCUT2D eigenvalue weighted by atomic mass is 9.95. The Morgan fingerprint density at radius 2 is 1.85 bits per heavy atom. The summed E-state index contributed by atoms with van der Waals surface area (Å²) >= 11 is 0. The number of nitrogens with zero attached hydrogens (tertiary/aromatic N) is 7. The molecule has 3 aromatic rings. The molecule has 0 unspecified atom stereocenters. The average molecular weight is 466 g/mol. The van der Waals surface area contributed by atoms with Crippen LogP contribution < -0.4 is 14.5 Å². The fourth-order valence-electron chi connectivity index (χ4n) is 4.44. The summed E-state index contributed by atoms with van der Waals surface area (Å²) in [6.07, 6.45) is 3.17. The maximum absolute atomic E-state index is 12.9. The first-order valence-corrected chi connectivity index (χ1v) is 10.8. The van der Waals surface area contributed by atoms with E-state index >= 15 is 0 Å². The molecule has 178 valence electrons. The van der Waals surface area contributed by atoms with E-state index in [2.05, 4.69) is 31.0 Å². The second-order valence-electron chi connectivity index (χ2n) is 7.98. The predicted molar refractivity (Wildman–Crippen MR) is 123 cm³/mol. The van der Waals surface area contributed by atoms with Crippen molar-refractivity contribution in [1.29, 1.82) is 0 Å². The molecule has 1 aliphatic carbocycles. The molecule has 2 aliphatic rings.